The number of hydrogen-bond donors (Lipinski definition) is 1. The maximum Gasteiger partial charge on any atom is 0.0431 e. The Balaban J connectivity index is 2.22. The van der Waals surface area contributed by atoms with Crippen LogP contribution in [0.3, 0.4) is 0 Å². The number of aliphatic hydroxyl groups excluding tert-OH is 1. The van der Waals surface area contributed by atoms with Gasteiger partial charge in [0.2, 0.25) is 0 Å². The minimum Gasteiger partial charge on any atom is -0.396 e. The Morgan fingerprint density at radius 2 is 1.83 bits per heavy atom. The zero-order valence-corrected chi connectivity index (χ0v) is 12.5. The van der Waals surface area contributed by atoms with Crippen LogP contribution in [0, 0.1) is 23.0 Å². The first-order valence-corrected chi connectivity index (χ1v) is 7.45. The predicted octanol–water partition coefficient (Wildman–Crippen LogP) is 4.06. The Morgan fingerprint density at radius 3 is 2.56 bits per heavy atom. The van der Waals surface area contributed by atoms with Crippen LogP contribution in [-0.4, -0.2) is 11.7 Å². The lowest BCUT2D eigenvalue weighted by atomic mass is 10.2. The molecule has 0 saturated carbocycles. The molecular formula is C15H15BrOS. The van der Waals surface area contributed by atoms with E-state index in [-0.39, 0.29) is 6.61 Å². The Kier molecular flexibility index (Phi) is 8.51. The van der Waals surface area contributed by atoms with Crippen molar-refractivity contribution in [3.8, 4) is 23.0 Å². The molecule has 1 nitrogen and oxygen atoms in total. The van der Waals surface area contributed by atoms with E-state index in [1.54, 1.807) is 0 Å². The van der Waals surface area contributed by atoms with Gasteiger partial charge in [-0.05, 0) is 66.0 Å². The fraction of sp³-hybridized carbons (Fsp3) is 0.333. The van der Waals surface area contributed by atoms with Crippen molar-refractivity contribution >= 4 is 27.7 Å². The molecule has 0 fully saturated rings. The molecule has 0 aliphatic heterocycles. The second kappa shape index (κ2) is 10.1. The highest BCUT2D eigenvalue weighted by Crippen LogP contribution is 2.19. The molecule has 0 heterocycles. The van der Waals surface area contributed by atoms with Crippen LogP contribution in [0.4, 0.5) is 0 Å². The molecule has 0 aliphatic carbocycles. The van der Waals surface area contributed by atoms with Crippen LogP contribution in [-0.2, 0) is 0 Å². The second-order valence-electron chi connectivity index (χ2n) is 3.62. The summed E-state index contributed by atoms with van der Waals surface area (Å²) in [6.45, 7) is 0.275. The van der Waals surface area contributed by atoms with Crippen molar-refractivity contribution in [2.24, 2.45) is 0 Å². The summed E-state index contributed by atoms with van der Waals surface area (Å²) < 4.78 is 1.07. The molecule has 0 saturated heterocycles. The predicted molar refractivity (Wildman–Crippen MR) is 81.1 cm³/mol. The molecule has 94 valence electrons. The van der Waals surface area contributed by atoms with Gasteiger partial charge in [-0.15, -0.1) is 0 Å². The van der Waals surface area contributed by atoms with Gasteiger partial charge in [0.05, 0.1) is 0 Å². The van der Waals surface area contributed by atoms with Gasteiger partial charge in [0.25, 0.3) is 0 Å². The van der Waals surface area contributed by atoms with Crippen LogP contribution in [0.5, 0.6) is 0 Å². The van der Waals surface area contributed by atoms with Gasteiger partial charge in [0, 0.05) is 22.4 Å². The third-order valence-corrected chi connectivity index (χ3v) is 3.38. The van der Waals surface area contributed by atoms with E-state index in [2.05, 4.69) is 38.9 Å². The summed E-state index contributed by atoms with van der Waals surface area (Å²) in [6.07, 6.45) is 3.80. The van der Waals surface area contributed by atoms with Crippen LogP contribution in [0.25, 0.3) is 0 Å². The maximum atomic E-state index is 8.60. The highest BCUT2D eigenvalue weighted by molar-refractivity contribution is 9.10. The molecule has 0 bridgehead atoms. The Bertz CT molecular complexity index is 459. The largest absolute Gasteiger partial charge is 0.396 e. The van der Waals surface area contributed by atoms with Crippen molar-refractivity contribution < 1.29 is 5.11 Å². The topological polar surface area (TPSA) is 20.2 Å². The lowest BCUT2D eigenvalue weighted by Gasteiger charge is -1.92. The number of halogens is 1. The van der Waals surface area contributed by atoms with Crippen LogP contribution < -0.4 is 0 Å². The van der Waals surface area contributed by atoms with Gasteiger partial charge in [0.1, 0.15) is 0 Å². The zero-order valence-electron chi connectivity index (χ0n) is 10.1. The summed E-state index contributed by atoms with van der Waals surface area (Å²) in [7, 11) is 0. The van der Waals surface area contributed by atoms with E-state index < -0.39 is 0 Å². The normalized spacial score (nSPS) is 9.00. The van der Waals surface area contributed by atoms with Gasteiger partial charge in [-0.25, -0.2) is 0 Å². The van der Waals surface area contributed by atoms with E-state index in [4.69, 9.17) is 5.11 Å². The van der Waals surface area contributed by atoms with Gasteiger partial charge >= 0.3 is 0 Å². The number of aliphatic hydroxyl groups is 1. The van der Waals surface area contributed by atoms with E-state index in [0.717, 1.165) is 35.1 Å². The van der Waals surface area contributed by atoms with Gasteiger partial charge in [0.15, 0.2) is 0 Å². The first kappa shape index (κ1) is 15.2. The number of unbranched alkanes of at least 4 members (excludes halogenated alkanes) is 3. The second-order valence-corrected chi connectivity index (χ2v) is 5.41. The lowest BCUT2D eigenvalue weighted by Crippen LogP contribution is -1.81. The molecule has 1 aromatic carbocycles. The first-order valence-electron chi connectivity index (χ1n) is 5.84. The van der Waals surface area contributed by atoms with Crippen molar-refractivity contribution in [2.75, 3.05) is 6.61 Å². The molecule has 0 radical (unpaired) electrons. The quantitative estimate of drug-likeness (QED) is 0.501. The summed E-state index contributed by atoms with van der Waals surface area (Å²) in [5.41, 5.74) is 0. The minimum atomic E-state index is 0.275. The number of benzene rings is 1. The van der Waals surface area contributed by atoms with Crippen LogP contribution in [0.1, 0.15) is 25.7 Å². The smallest absolute Gasteiger partial charge is 0.0431 e. The Morgan fingerprint density at radius 1 is 1.06 bits per heavy atom. The van der Waals surface area contributed by atoms with Crippen LogP contribution >= 0.6 is 27.7 Å². The molecule has 0 unspecified atom stereocenters. The molecule has 0 atom stereocenters. The molecular weight excluding hydrogens is 308 g/mol. The first-order chi connectivity index (χ1) is 8.83. The van der Waals surface area contributed by atoms with E-state index in [9.17, 15) is 0 Å². The van der Waals surface area contributed by atoms with E-state index in [1.807, 2.05) is 24.3 Å². The van der Waals surface area contributed by atoms with Crippen molar-refractivity contribution in [3.05, 3.63) is 28.7 Å². The number of rotatable bonds is 5. The molecule has 3 heteroatoms. The summed E-state index contributed by atoms with van der Waals surface area (Å²) in [5.74, 6) is 8.68. The molecule has 1 aromatic rings. The maximum absolute atomic E-state index is 8.60. The molecule has 1 N–H and O–H groups in total. The van der Waals surface area contributed by atoms with Crippen molar-refractivity contribution in [3.63, 3.8) is 0 Å². The third-order valence-electron chi connectivity index (χ3n) is 2.14. The van der Waals surface area contributed by atoms with E-state index >= 15 is 0 Å². The van der Waals surface area contributed by atoms with Crippen LogP contribution in [0.2, 0.25) is 0 Å². The summed E-state index contributed by atoms with van der Waals surface area (Å²) in [4.78, 5) is 1.12. The summed E-state index contributed by atoms with van der Waals surface area (Å²) in [6, 6.07) is 8.03. The highest BCUT2D eigenvalue weighted by Gasteiger charge is 1.89. The Labute approximate surface area is 121 Å². The molecule has 1 rings (SSSR count). The van der Waals surface area contributed by atoms with Crippen LogP contribution in [0.15, 0.2) is 33.6 Å². The molecule has 0 aliphatic rings. The average molecular weight is 323 g/mol. The van der Waals surface area contributed by atoms with Crippen molar-refractivity contribution in [1.82, 2.24) is 0 Å². The molecule has 0 aromatic heterocycles. The SMILES string of the molecule is OCCCCCC#CC#CSc1ccc(Br)cc1. The fourth-order valence-electron chi connectivity index (χ4n) is 1.22. The standard InChI is InChI=1S/C15H15BrOS/c16-14-8-10-15(11-9-14)18-13-7-5-3-1-2-4-6-12-17/h8-11,17H,1-2,4,6,12H2. The van der Waals surface area contributed by atoms with E-state index in [0.29, 0.717) is 0 Å². The zero-order chi connectivity index (χ0) is 13.1. The van der Waals surface area contributed by atoms with Gasteiger partial charge in [-0.3, -0.25) is 0 Å². The Hall–Kier alpha value is -0.870. The minimum absolute atomic E-state index is 0.275. The number of hydrogen-bond acceptors (Lipinski definition) is 2. The fourth-order valence-corrected chi connectivity index (χ4v) is 1.98. The highest BCUT2D eigenvalue weighted by atomic mass is 79.9. The molecule has 0 amide bonds. The van der Waals surface area contributed by atoms with Crippen molar-refractivity contribution in [1.29, 1.82) is 0 Å². The summed E-state index contributed by atoms with van der Waals surface area (Å²) in [5, 5.41) is 11.6. The van der Waals surface area contributed by atoms with E-state index in [1.165, 1.54) is 11.8 Å². The molecule has 18 heavy (non-hydrogen) atoms. The monoisotopic (exact) mass is 322 g/mol. The van der Waals surface area contributed by atoms with Gasteiger partial charge < -0.3 is 5.11 Å². The third kappa shape index (κ3) is 7.45. The van der Waals surface area contributed by atoms with Gasteiger partial charge in [-0.2, -0.15) is 0 Å². The van der Waals surface area contributed by atoms with Crippen molar-refractivity contribution in [2.45, 2.75) is 30.6 Å². The number of thioether (sulfide) groups is 1. The molecule has 0 spiro atoms. The lowest BCUT2D eigenvalue weighted by molar-refractivity contribution is 0.283. The van der Waals surface area contributed by atoms with Gasteiger partial charge in [-0.1, -0.05) is 28.3 Å². The average Bonchev–Trinajstić information content (AvgIpc) is 2.39. The summed E-state index contributed by atoms with van der Waals surface area (Å²) >= 11 is 4.87.